The van der Waals surface area contributed by atoms with E-state index in [0.29, 0.717) is 0 Å². The molecule has 0 unspecified atom stereocenters. The van der Waals surface area contributed by atoms with Gasteiger partial charge < -0.3 is 18.5 Å². The van der Waals surface area contributed by atoms with Gasteiger partial charge in [-0.1, -0.05) is 170 Å². The van der Waals surface area contributed by atoms with Gasteiger partial charge in [-0.15, -0.1) is 0 Å². The van der Waals surface area contributed by atoms with Crippen molar-refractivity contribution in [3.8, 4) is 44.8 Å². The van der Waals surface area contributed by atoms with Gasteiger partial charge in [-0.2, -0.15) is 0 Å². The van der Waals surface area contributed by atoms with Crippen molar-refractivity contribution in [2.24, 2.45) is 0 Å². The van der Waals surface area contributed by atoms with E-state index in [2.05, 4.69) is 263 Å². The van der Waals surface area contributed by atoms with E-state index in [9.17, 15) is 0 Å². The van der Waals surface area contributed by atoms with Gasteiger partial charge in [-0.05, 0) is 124 Å². The number of furan rings is 1. The summed E-state index contributed by atoms with van der Waals surface area (Å²) in [5.74, 6) is 0. The van der Waals surface area contributed by atoms with Crippen molar-refractivity contribution in [3.05, 3.63) is 261 Å². The van der Waals surface area contributed by atoms with Gasteiger partial charge in [0.1, 0.15) is 5.58 Å². The van der Waals surface area contributed by atoms with Crippen molar-refractivity contribution in [1.82, 2.24) is 9.13 Å². The minimum atomic E-state index is 0.857. The fraction of sp³-hybridized carbons (Fsp3) is 0. The second-order valence-electron chi connectivity index (χ2n) is 18.1. The van der Waals surface area contributed by atoms with Crippen LogP contribution in [0.4, 0.5) is 17.1 Å². The van der Waals surface area contributed by atoms with Crippen LogP contribution in [0.2, 0.25) is 0 Å². The Kier molecular flexibility index (Phi) is 9.17. The van der Waals surface area contributed by atoms with Crippen molar-refractivity contribution in [3.63, 3.8) is 0 Å². The first-order valence-corrected chi connectivity index (χ1v) is 23.9. The second kappa shape index (κ2) is 16.2. The Bertz CT molecular complexity index is 4200. The third-order valence-corrected chi connectivity index (χ3v) is 14.2. The summed E-state index contributed by atoms with van der Waals surface area (Å²) >= 11 is 0. The first kappa shape index (κ1) is 39.8. The molecule has 0 spiro atoms. The molecule has 70 heavy (non-hydrogen) atoms. The fourth-order valence-electron chi connectivity index (χ4n) is 10.8. The first-order valence-electron chi connectivity index (χ1n) is 23.9. The lowest BCUT2D eigenvalue weighted by Gasteiger charge is -2.26. The summed E-state index contributed by atoms with van der Waals surface area (Å²) in [5.41, 5.74) is 19.0. The Labute approximate surface area is 404 Å². The van der Waals surface area contributed by atoms with Gasteiger partial charge in [0.05, 0.1) is 27.8 Å². The molecule has 0 fully saturated rings. The van der Waals surface area contributed by atoms with Gasteiger partial charge in [0.2, 0.25) is 0 Å². The lowest BCUT2D eigenvalue weighted by molar-refractivity contribution is 0.669. The average molecular weight is 894 g/mol. The topological polar surface area (TPSA) is 26.2 Å². The van der Waals surface area contributed by atoms with E-state index in [0.717, 1.165) is 66.9 Å². The van der Waals surface area contributed by atoms with Crippen LogP contribution in [0.25, 0.3) is 110 Å². The van der Waals surface area contributed by atoms with Crippen LogP contribution in [-0.2, 0) is 0 Å². The molecular formula is C66H43N3O. The fourth-order valence-corrected chi connectivity index (χ4v) is 10.8. The number of hydrogen-bond donors (Lipinski definition) is 0. The van der Waals surface area contributed by atoms with E-state index in [1.54, 1.807) is 0 Å². The molecule has 0 aliphatic rings. The van der Waals surface area contributed by atoms with Crippen molar-refractivity contribution < 1.29 is 4.42 Å². The van der Waals surface area contributed by atoms with E-state index in [1.165, 1.54) is 60.4 Å². The molecule has 0 atom stereocenters. The third kappa shape index (κ3) is 6.46. The van der Waals surface area contributed by atoms with E-state index >= 15 is 0 Å². The SMILES string of the molecule is c1ccc(-n2c3ccccc3c3cc(-c4ccc(-c5ccc(N(c6ccc(-c7ccc(-n8c9ccccc9c9ccccc98)cc7)cc6)c6cccc7c6oc6ccccc67)cc5)cc4)ccc32)cc1. The standard InChI is InChI=1S/C66H43N3O/c1-2-13-50(14-3-1)68-62-22-10-6-17-56(62)59-43-49(35-42-63(59)68)48-27-25-44(26-28-48)45-29-36-51(37-30-45)67(64-23-12-19-58-57-18-7-11-24-65(57)70-66(58)64)52-38-31-46(32-39-52)47-33-40-53(41-34-47)69-60-20-8-4-15-54(60)55-16-5-9-21-61(55)69/h1-43H. The third-order valence-electron chi connectivity index (χ3n) is 14.2. The normalized spacial score (nSPS) is 11.7. The highest BCUT2D eigenvalue weighted by molar-refractivity contribution is 6.12. The summed E-state index contributed by atoms with van der Waals surface area (Å²) in [6.45, 7) is 0. The number of rotatable bonds is 8. The average Bonchev–Trinajstić information content (AvgIpc) is 4.10. The number of nitrogens with zero attached hydrogens (tertiary/aromatic N) is 3. The van der Waals surface area contributed by atoms with Gasteiger partial charge >= 0.3 is 0 Å². The Morgan fingerprint density at radius 3 is 1.24 bits per heavy atom. The highest BCUT2D eigenvalue weighted by Crippen LogP contribution is 2.44. The number of anilines is 3. The maximum Gasteiger partial charge on any atom is 0.159 e. The number of fused-ring (bicyclic) bond motifs is 9. The summed E-state index contributed by atoms with van der Waals surface area (Å²) in [4.78, 5) is 2.32. The van der Waals surface area contributed by atoms with Crippen molar-refractivity contribution in [1.29, 1.82) is 0 Å². The van der Waals surface area contributed by atoms with E-state index in [-0.39, 0.29) is 0 Å². The Balaban J connectivity index is 0.794. The zero-order chi connectivity index (χ0) is 46.1. The molecule has 0 saturated carbocycles. The minimum Gasteiger partial charge on any atom is -0.454 e. The van der Waals surface area contributed by atoms with E-state index in [1.807, 2.05) is 12.1 Å². The lowest BCUT2D eigenvalue weighted by Crippen LogP contribution is -2.10. The lowest BCUT2D eigenvalue weighted by atomic mass is 9.98. The van der Waals surface area contributed by atoms with Crippen LogP contribution in [0, 0.1) is 0 Å². The van der Waals surface area contributed by atoms with Crippen LogP contribution in [0.5, 0.6) is 0 Å². The van der Waals surface area contributed by atoms with Gasteiger partial charge in [0.25, 0.3) is 0 Å². The summed E-state index contributed by atoms with van der Waals surface area (Å²) in [6.07, 6.45) is 0. The molecule has 4 heteroatoms. The highest BCUT2D eigenvalue weighted by Gasteiger charge is 2.20. The maximum absolute atomic E-state index is 6.66. The quantitative estimate of drug-likeness (QED) is 0.152. The predicted octanol–water partition coefficient (Wildman–Crippen LogP) is 18.3. The maximum atomic E-state index is 6.66. The molecule has 0 N–H and O–H groups in total. The van der Waals surface area contributed by atoms with E-state index in [4.69, 9.17) is 4.42 Å². The van der Waals surface area contributed by atoms with Crippen LogP contribution >= 0.6 is 0 Å². The summed E-state index contributed by atoms with van der Waals surface area (Å²) in [6, 6.07) is 94.0. The molecule has 328 valence electrons. The number of aromatic nitrogens is 2. The smallest absolute Gasteiger partial charge is 0.159 e. The van der Waals surface area contributed by atoms with Crippen molar-refractivity contribution in [2.45, 2.75) is 0 Å². The van der Waals surface area contributed by atoms with Gasteiger partial charge in [-0.25, -0.2) is 0 Å². The van der Waals surface area contributed by atoms with Crippen LogP contribution < -0.4 is 4.90 Å². The molecule has 0 amide bonds. The molecule has 3 heterocycles. The minimum absolute atomic E-state index is 0.857. The van der Waals surface area contributed by atoms with Gasteiger partial charge in [0.15, 0.2) is 5.58 Å². The number of hydrogen-bond acceptors (Lipinski definition) is 2. The molecule has 0 aliphatic heterocycles. The molecule has 0 saturated heterocycles. The molecule has 3 aromatic heterocycles. The van der Waals surface area contributed by atoms with E-state index < -0.39 is 0 Å². The molecule has 14 rings (SSSR count). The molecule has 0 radical (unpaired) electrons. The summed E-state index contributed by atoms with van der Waals surface area (Å²) in [5, 5.41) is 7.23. The largest absolute Gasteiger partial charge is 0.454 e. The summed E-state index contributed by atoms with van der Waals surface area (Å²) < 4.78 is 11.4. The second-order valence-corrected chi connectivity index (χ2v) is 18.1. The van der Waals surface area contributed by atoms with Crippen molar-refractivity contribution in [2.75, 3.05) is 4.90 Å². The highest BCUT2D eigenvalue weighted by atomic mass is 16.3. The monoisotopic (exact) mass is 893 g/mol. The molecule has 0 aliphatic carbocycles. The molecule has 0 bridgehead atoms. The Hall–Kier alpha value is -9.38. The van der Waals surface area contributed by atoms with Crippen molar-refractivity contribution >= 4 is 82.6 Å². The summed E-state index contributed by atoms with van der Waals surface area (Å²) in [7, 11) is 0. The zero-order valence-electron chi connectivity index (χ0n) is 38.1. The van der Waals surface area contributed by atoms with Crippen LogP contribution in [0.3, 0.4) is 0 Å². The molecule has 11 aromatic carbocycles. The zero-order valence-corrected chi connectivity index (χ0v) is 38.1. The van der Waals surface area contributed by atoms with Gasteiger partial charge in [-0.3, -0.25) is 0 Å². The number of benzene rings is 11. The first-order chi connectivity index (χ1) is 34.7. The molecule has 14 aromatic rings. The molecule has 4 nitrogen and oxygen atoms in total. The molecular weight excluding hydrogens is 851 g/mol. The van der Waals surface area contributed by atoms with Crippen LogP contribution in [0.15, 0.2) is 265 Å². The number of para-hydroxylation sites is 6. The Morgan fingerprint density at radius 1 is 0.271 bits per heavy atom. The van der Waals surface area contributed by atoms with Crippen LogP contribution in [-0.4, -0.2) is 9.13 Å². The van der Waals surface area contributed by atoms with Crippen LogP contribution in [0.1, 0.15) is 0 Å². The van der Waals surface area contributed by atoms with Gasteiger partial charge in [0, 0.05) is 55.1 Å². The predicted molar refractivity (Wildman–Crippen MR) is 293 cm³/mol. The Morgan fingerprint density at radius 2 is 0.671 bits per heavy atom.